The van der Waals surface area contributed by atoms with Crippen molar-refractivity contribution in [3.63, 3.8) is 0 Å². The van der Waals surface area contributed by atoms with E-state index in [1.54, 1.807) is 0 Å². The quantitative estimate of drug-likeness (QED) is 0.499. The number of hydrogen-bond donors (Lipinski definition) is 0. The number of esters is 1. The molecule has 1 aliphatic rings. The van der Waals surface area contributed by atoms with Gasteiger partial charge in [0.25, 0.3) is 0 Å². The maximum absolute atomic E-state index is 11.2. The van der Waals surface area contributed by atoms with Crippen molar-refractivity contribution in [2.24, 2.45) is 0 Å². The molecule has 1 heterocycles. The first kappa shape index (κ1) is 9.00. The zero-order valence-electron chi connectivity index (χ0n) is 8.07. The standard InChI is InChI=1S/C12H12O2/c1-8-11(9(2)14-12(8)13)10-6-4-3-5-7-10/h3-7,9,11H,1H2,2H3/t9-,11+/m1/s1. The second-order valence-corrected chi connectivity index (χ2v) is 3.52. The molecule has 2 nitrogen and oxygen atoms in total. The molecular weight excluding hydrogens is 176 g/mol. The maximum Gasteiger partial charge on any atom is 0.334 e. The first-order valence-electron chi connectivity index (χ1n) is 4.65. The van der Waals surface area contributed by atoms with Gasteiger partial charge in [-0.3, -0.25) is 0 Å². The van der Waals surface area contributed by atoms with Gasteiger partial charge in [-0.05, 0) is 12.5 Å². The third-order valence-corrected chi connectivity index (χ3v) is 2.56. The molecule has 1 saturated heterocycles. The molecule has 2 rings (SSSR count). The van der Waals surface area contributed by atoms with E-state index in [9.17, 15) is 4.79 Å². The lowest BCUT2D eigenvalue weighted by Gasteiger charge is -2.12. The van der Waals surface area contributed by atoms with E-state index in [1.807, 2.05) is 37.3 Å². The Hall–Kier alpha value is -1.57. The summed E-state index contributed by atoms with van der Waals surface area (Å²) in [4.78, 5) is 11.2. The fourth-order valence-corrected chi connectivity index (χ4v) is 1.86. The summed E-state index contributed by atoms with van der Waals surface area (Å²) in [5.74, 6) is -0.255. The summed E-state index contributed by atoms with van der Waals surface area (Å²) in [6.07, 6.45) is -0.0996. The van der Waals surface area contributed by atoms with E-state index in [0.29, 0.717) is 5.57 Å². The molecule has 1 aliphatic heterocycles. The summed E-state index contributed by atoms with van der Waals surface area (Å²) < 4.78 is 5.10. The summed E-state index contributed by atoms with van der Waals surface area (Å²) in [5, 5.41) is 0. The largest absolute Gasteiger partial charge is 0.458 e. The van der Waals surface area contributed by atoms with Gasteiger partial charge in [-0.2, -0.15) is 0 Å². The lowest BCUT2D eigenvalue weighted by Crippen LogP contribution is -2.09. The number of carbonyl (C=O) groups excluding carboxylic acids is 1. The minimum absolute atomic E-state index is 0.0173. The zero-order valence-corrected chi connectivity index (χ0v) is 8.07. The van der Waals surface area contributed by atoms with Crippen LogP contribution in [0.4, 0.5) is 0 Å². The van der Waals surface area contributed by atoms with Gasteiger partial charge in [0.15, 0.2) is 0 Å². The van der Waals surface area contributed by atoms with E-state index < -0.39 is 0 Å². The Balaban J connectivity index is 2.36. The highest BCUT2D eigenvalue weighted by molar-refractivity contribution is 5.92. The van der Waals surface area contributed by atoms with Gasteiger partial charge >= 0.3 is 5.97 Å². The maximum atomic E-state index is 11.2. The minimum atomic E-state index is -0.272. The molecule has 2 heteroatoms. The number of cyclic esters (lactones) is 1. The Morgan fingerprint density at radius 1 is 1.29 bits per heavy atom. The SMILES string of the molecule is C=C1C(=O)O[C@H](C)[C@H]1c1ccccc1. The van der Waals surface area contributed by atoms with Crippen LogP contribution >= 0.6 is 0 Å². The molecule has 0 radical (unpaired) electrons. The summed E-state index contributed by atoms with van der Waals surface area (Å²) in [5.41, 5.74) is 1.65. The van der Waals surface area contributed by atoms with E-state index >= 15 is 0 Å². The normalized spacial score (nSPS) is 26.4. The van der Waals surface area contributed by atoms with E-state index in [4.69, 9.17) is 4.74 Å². The van der Waals surface area contributed by atoms with Gasteiger partial charge in [0.1, 0.15) is 6.10 Å². The van der Waals surface area contributed by atoms with Gasteiger partial charge < -0.3 is 4.74 Å². The van der Waals surface area contributed by atoms with Crippen LogP contribution in [0, 0.1) is 0 Å². The van der Waals surface area contributed by atoms with E-state index in [1.165, 1.54) is 0 Å². The van der Waals surface area contributed by atoms with Crippen LogP contribution in [0.5, 0.6) is 0 Å². The van der Waals surface area contributed by atoms with Gasteiger partial charge in [0, 0.05) is 5.57 Å². The fraction of sp³-hybridized carbons (Fsp3) is 0.250. The van der Waals surface area contributed by atoms with Crippen LogP contribution in [0.2, 0.25) is 0 Å². The molecule has 0 amide bonds. The number of hydrogen-bond acceptors (Lipinski definition) is 2. The molecule has 14 heavy (non-hydrogen) atoms. The van der Waals surface area contributed by atoms with Gasteiger partial charge in [-0.15, -0.1) is 0 Å². The number of benzene rings is 1. The highest BCUT2D eigenvalue weighted by Gasteiger charge is 2.36. The molecule has 0 spiro atoms. The molecule has 0 N–H and O–H groups in total. The molecule has 1 fully saturated rings. The predicted octanol–water partition coefficient (Wildman–Crippen LogP) is 2.27. The molecule has 2 atom stereocenters. The average molecular weight is 188 g/mol. The van der Waals surface area contributed by atoms with Crippen molar-refractivity contribution >= 4 is 5.97 Å². The third kappa shape index (κ3) is 1.33. The molecule has 1 aromatic carbocycles. The average Bonchev–Trinajstić information content (AvgIpc) is 2.43. The molecule has 72 valence electrons. The van der Waals surface area contributed by atoms with Crippen LogP contribution in [0.25, 0.3) is 0 Å². The van der Waals surface area contributed by atoms with Crippen molar-refractivity contribution in [3.8, 4) is 0 Å². The zero-order chi connectivity index (χ0) is 10.1. The van der Waals surface area contributed by atoms with Crippen LogP contribution in [0.1, 0.15) is 18.4 Å². The Morgan fingerprint density at radius 2 is 1.93 bits per heavy atom. The van der Waals surface area contributed by atoms with Crippen molar-refractivity contribution in [1.82, 2.24) is 0 Å². The van der Waals surface area contributed by atoms with Crippen LogP contribution < -0.4 is 0 Å². The molecule has 0 saturated carbocycles. The number of ether oxygens (including phenoxy) is 1. The highest BCUT2D eigenvalue weighted by atomic mass is 16.5. The second-order valence-electron chi connectivity index (χ2n) is 3.52. The highest BCUT2D eigenvalue weighted by Crippen LogP contribution is 2.35. The van der Waals surface area contributed by atoms with Crippen molar-refractivity contribution < 1.29 is 9.53 Å². The van der Waals surface area contributed by atoms with Gasteiger partial charge in [0.2, 0.25) is 0 Å². The Kier molecular flexibility index (Phi) is 2.12. The van der Waals surface area contributed by atoms with E-state index in [2.05, 4.69) is 6.58 Å². The number of rotatable bonds is 1. The fourth-order valence-electron chi connectivity index (χ4n) is 1.86. The van der Waals surface area contributed by atoms with Gasteiger partial charge in [-0.25, -0.2) is 4.79 Å². The van der Waals surface area contributed by atoms with Crippen LogP contribution in [-0.2, 0) is 9.53 Å². The predicted molar refractivity (Wildman–Crippen MR) is 53.9 cm³/mol. The Morgan fingerprint density at radius 3 is 2.43 bits per heavy atom. The topological polar surface area (TPSA) is 26.3 Å². The summed E-state index contributed by atoms with van der Waals surface area (Å²) in [6, 6.07) is 9.85. The van der Waals surface area contributed by atoms with Crippen LogP contribution in [-0.4, -0.2) is 12.1 Å². The Labute approximate surface area is 83.2 Å². The van der Waals surface area contributed by atoms with Crippen LogP contribution in [0.15, 0.2) is 42.5 Å². The molecule has 1 aromatic rings. The summed E-state index contributed by atoms with van der Waals surface area (Å²) >= 11 is 0. The summed E-state index contributed by atoms with van der Waals surface area (Å²) in [7, 11) is 0. The van der Waals surface area contributed by atoms with E-state index in [0.717, 1.165) is 5.56 Å². The van der Waals surface area contributed by atoms with Gasteiger partial charge in [0.05, 0.1) is 5.92 Å². The molecule has 0 unspecified atom stereocenters. The molecule has 0 aromatic heterocycles. The van der Waals surface area contributed by atoms with Crippen molar-refractivity contribution in [2.45, 2.75) is 18.9 Å². The van der Waals surface area contributed by atoms with Crippen molar-refractivity contribution in [3.05, 3.63) is 48.0 Å². The lowest BCUT2D eigenvalue weighted by molar-refractivity contribution is -0.138. The van der Waals surface area contributed by atoms with Crippen molar-refractivity contribution in [1.29, 1.82) is 0 Å². The van der Waals surface area contributed by atoms with Gasteiger partial charge in [-0.1, -0.05) is 36.9 Å². The first-order valence-corrected chi connectivity index (χ1v) is 4.65. The molecule has 0 bridgehead atoms. The first-order chi connectivity index (χ1) is 6.70. The Bertz CT molecular complexity index is 367. The monoisotopic (exact) mass is 188 g/mol. The molecular formula is C12H12O2. The third-order valence-electron chi connectivity index (χ3n) is 2.56. The molecule has 0 aliphatic carbocycles. The second kappa shape index (κ2) is 3.29. The number of carbonyl (C=O) groups is 1. The smallest absolute Gasteiger partial charge is 0.334 e. The minimum Gasteiger partial charge on any atom is -0.458 e. The van der Waals surface area contributed by atoms with Crippen LogP contribution in [0.3, 0.4) is 0 Å². The van der Waals surface area contributed by atoms with Crippen molar-refractivity contribution in [2.75, 3.05) is 0 Å². The lowest BCUT2D eigenvalue weighted by atomic mass is 9.90. The van der Waals surface area contributed by atoms with E-state index in [-0.39, 0.29) is 18.0 Å². The summed E-state index contributed by atoms with van der Waals surface area (Å²) in [6.45, 7) is 5.67.